The Bertz CT molecular complexity index is 548. The smallest absolute Gasteiger partial charge is 0.225 e. The molecule has 4 nitrogen and oxygen atoms in total. The summed E-state index contributed by atoms with van der Waals surface area (Å²) in [5.74, 6) is -0.0402. The fourth-order valence-corrected chi connectivity index (χ4v) is 1.67. The van der Waals surface area contributed by atoms with Gasteiger partial charge in [0, 0.05) is 6.42 Å². The molecule has 0 spiro atoms. The number of benzene rings is 1. The maximum atomic E-state index is 13.6. The molecular weight excluding hydrogens is 221 g/mol. The molecule has 1 aromatic heterocycles. The van der Waals surface area contributed by atoms with Crippen LogP contribution in [0.25, 0.3) is 10.9 Å². The molecule has 2 aromatic rings. The van der Waals surface area contributed by atoms with Crippen molar-refractivity contribution >= 4 is 22.6 Å². The summed E-state index contributed by atoms with van der Waals surface area (Å²) in [6.07, 6.45) is 0.392. The molecular formula is C12H14FN3O. The molecule has 0 unspecified atom stereocenters. The topological polar surface area (TPSA) is 57.8 Å². The first-order valence-electron chi connectivity index (χ1n) is 5.50. The van der Waals surface area contributed by atoms with Crippen LogP contribution in [0.5, 0.6) is 0 Å². The van der Waals surface area contributed by atoms with Crippen LogP contribution >= 0.6 is 0 Å². The molecule has 0 saturated heterocycles. The fourth-order valence-electron chi connectivity index (χ4n) is 1.67. The van der Waals surface area contributed by atoms with Crippen molar-refractivity contribution in [3.05, 3.63) is 24.0 Å². The molecule has 17 heavy (non-hydrogen) atoms. The molecule has 0 bridgehead atoms. The number of nitrogens with one attached hydrogen (secondary N) is 2. The summed E-state index contributed by atoms with van der Waals surface area (Å²) in [7, 11) is 0. The third-order valence-corrected chi connectivity index (χ3v) is 2.39. The Kier molecular flexibility index (Phi) is 3.08. The number of anilines is 1. The summed E-state index contributed by atoms with van der Waals surface area (Å²) >= 11 is 0. The molecule has 0 radical (unpaired) electrons. The summed E-state index contributed by atoms with van der Waals surface area (Å²) in [5.41, 5.74) is 0.574. The van der Waals surface area contributed by atoms with Crippen LogP contribution in [-0.2, 0) is 4.79 Å². The van der Waals surface area contributed by atoms with E-state index in [1.807, 2.05) is 13.8 Å². The van der Waals surface area contributed by atoms with Crippen molar-refractivity contribution in [3.63, 3.8) is 0 Å². The van der Waals surface area contributed by atoms with Gasteiger partial charge < -0.3 is 5.32 Å². The average Bonchev–Trinajstić information content (AvgIpc) is 2.61. The number of nitrogens with zero attached hydrogens (tertiary/aromatic N) is 1. The number of hydrogen-bond acceptors (Lipinski definition) is 2. The number of carbonyl (C=O) groups is 1. The largest absolute Gasteiger partial charge is 0.309 e. The Hall–Kier alpha value is -1.91. The van der Waals surface area contributed by atoms with Crippen LogP contribution < -0.4 is 5.32 Å². The van der Waals surface area contributed by atoms with Gasteiger partial charge in [0.15, 0.2) is 5.82 Å². The first kappa shape index (κ1) is 11.6. The lowest BCUT2D eigenvalue weighted by Crippen LogP contribution is -2.14. The van der Waals surface area contributed by atoms with E-state index >= 15 is 0 Å². The number of aromatic amines is 1. The van der Waals surface area contributed by atoms with Gasteiger partial charge in [0.25, 0.3) is 0 Å². The van der Waals surface area contributed by atoms with Gasteiger partial charge in [0.1, 0.15) is 5.82 Å². The number of rotatable bonds is 3. The van der Waals surface area contributed by atoms with Crippen molar-refractivity contribution in [1.29, 1.82) is 0 Å². The van der Waals surface area contributed by atoms with E-state index in [-0.39, 0.29) is 17.6 Å². The molecule has 0 aliphatic carbocycles. The zero-order chi connectivity index (χ0) is 12.4. The zero-order valence-corrected chi connectivity index (χ0v) is 9.75. The molecule has 0 fully saturated rings. The van der Waals surface area contributed by atoms with Gasteiger partial charge in [-0.3, -0.25) is 9.89 Å². The number of halogens is 1. The Morgan fingerprint density at radius 2 is 2.29 bits per heavy atom. The van der Waals surface area contributed by atoms with Gasteiger partial charge >= 0.3 is 0 Å². The molecule has 5 heteroatoms. The number of aromatic nitrogens is 2. The number of fused-ring (bicyclic) bond motifs is 1. The predicted molar refractivity (Wildman–Crippen MR) is 64.1 cm³/mol. The van der Waals surface area contributed by atoms with E-state index < -0.39 is 5.82 Å². The maximum Gasteiger partial charge on any atom is 0.225 e. The molecule has 1 aromatic carbocycles. The van der Waals surface area contributed by atoms with Crippen molar-refractivity contribution in [2.45, 2.75) is 20.3 Å². The Morgan fingerprint density at radius 1 is 1.53 bits per heavy atom. The van der Waals surface area contributed by atoms with Gasteiger partial charge in [0.2, 0.25) is 5.91 Å². The van der Waals surface area contributed by atoms with E-state index in [0.29, 0.717) is 17.3 Å². The van der Waals surface area contributed by atoms with Crippen LogP contribution in [0.2, 0.25) is 0 Å². The van der Waals surface area contributed by atoms with Crippen LogP contribution in [0.1, 0.15) is 20.3 Å². The molecule has 1 amide bonds. The highest BCUT2D eigenvalue weighted by molar-refractivity contribution is 5.99. The number of hydrogen-bond donors (Lipinski definition) is 2. The summed E-state index contributed by atoms with van der Waals surface area (Å²) < 4.78 is 13.6. The average molecular weight is 235 g/mol. The van der Waals surface area contributed by atoms with E-state index in [9.17, 15) is 9.18 Å². The second-order valence-electron chi connectivity index (χ2n) is 4.38. The summed E-state index contributed by atoms with van der Waals surface area (Å²) in [5, 5.41) is 9.53. The van der Waals surface area contributed by atoms with Crippen molar-refractivity contribution in [2.24, 2.45) is 5.92 Å². The predicted octanol–water partition coefficient (Wildman–Crippen LogP) is 2.69. The van der Waals surface area contributed by atoms with Crippen molar-refractivity contribution in [1.82, 2.24) is 10.2 Å². The van der Waals surface area contributed by atoms with E-state index in [1.165, 1.54) is 6.07 Å². The van der Waals surface area contributed by atoms with E-state index in [0.717, 1.165) is 0 Å². The highest BCUT2D eigenvalue weighted by Gasteiger charge is 2.13. The van der Waals surface area contributed by atoms with Crippen LogP contribution in [0.4, 0.5) is 10.2 Å². The van der Waals surface area contributed by atoms with Gasteiger partial charge in [-0.05, 0) is 18.1 Å². The lowest BCUT2D eigenvalue weighted by molar-refractivity contribution is -0.116. The van der Waals surface area contributed by atoms with Crippen molar-refractivity contribution < 1.29 is 9.18 Å². The zero-order valence-electron chi connectivity index (χ0n) is 9.75. The minimum Gasteiger partial charge on any atom is -0.309 e. The second kappa shape index (κ2) is 4.53. The Balaban J connectivity index is 2.28. The molecule has 0 aliphatic rings. The van der Waals surface area contributed by atoms with Crippen molar-refractivity contribution in [2.75, 3.05) is 5.32 Å². The minimum absolute atomic E-state index is 0.156. The SMILES string of the molecule is CC(C)CC(=O)Nc1n[nH]c2cccc(F)c12. The Morgan fingerprint density at radius 3 is 3.00 bits per heavy atom. The number of carbonyl (C=O) groups excluding carboxylic acids is 1. The fraction of sp³-hybridized carbons (Fsp3) is 0.333. The summed E-state index contributed by atoms with van der Waals surface area (Å²) in [6, 6.07) is 4.65. The molecule has 0 aliphatic heterocycles. The van der Waals surface area contributed by atoms with E-state index in [4.69, 9.17) is 0 Å². The summed E-state index contributed by atoms with van der Waals surface area (Å²) in [6.45, 7) is 3.89. The quantitative estimate of drug-likeness (QED) is 0.859. The van der Waals surface area contributed by atoms with Crippen LogP contribution in [0.15, 0.2) is 18.2 Å². The maximum absolute atomic E-state index is 13.6. The molecule has 2 N–H and O–H groups in total. The third-order valence-electron chi connectivity index (χ3n) is 2.39. The van der Waals surface area contributed by atoms with Gasteiger partial charge in [-0.2, -0.15) is 5.10 Å². The third kappa shape index (κ3) is 2.43. The lowest BCUT2D eigenvalue weighted by atomic mass is 10.1. The van der Waals surface area contributed by atoms with Gasteiger partial charge in [0.05, 0.1) is 10.9 Å². The first-order chi connectivity index (χ1) is 8.08. The summed E-state index contributed by atoms with van der Waals surface area (Å²) in [4.78, 5) is 11.6. The standard InChI is InChI=1S/C12H14FN3O/c1-7(2)6-10(17)14-12-11-8(13)4-3-5-9(11)15-16-12/h3-5,7H,6H2,1-2H3,(H2,14,15,16,17). The molecule has 0 saturated carbocycles. The number of H-pyrrole nitrogens is 1. The molecule has 2 rings (SSSR count). The molecule has 90 valence electrons. The van der Waals surface area contributed by atoms with E-state index in [1.54, 1.807) is 12.1 Å². The lowest BCUT2D eigenvalue weighted by Gasteiger charge is -2.04. The van der Waals surface area contributed by atoms with Crippen LogP contribution in [0, 0.1) is 11.7 Å². The van der Waals surface area contributed by atoms with E-state index in [2.05, 4.69) is 15.5 Å². The van der Waals surface area contributed by atoms with Crippen LogP contribution in [0.3, 0.4) is 0 Å². The number of amides is 1. The van der Waals surface area contributed by atoms with Crippen molar-refractivity contribution in [3.8, 4) is 0 Å². The highest BCUT2D eigenvalue weighted by Crippen LogP contribution is 2.23. The monoisotopic (exact) mass is 235 g/mol. The normalized spacial score (nSPS) is 11.1. The first-order valence-corrected chi connectivity index (χ1v) is 5.50. The molecule has 0 atom stereocenters. The van der Waals surface area contributed by atoms with Gasteiger partial charge in [-0.25, -0.2) is 4.39 Å². The second-order valence-corrected chi connectivity index (χ2v) is 4.38. The van der Waals surface area contributed by atoms with Gasteiger partial charge in [-0.15, -0.1) is 0 Å². The van der Waals surface area contributed by atoms with Crippen LogP contribution in [-0.4, -0.2) is 16.1 Å². The highest BCUT2D eigenvalue weighted by atomic mass is 19.1. The molecule has 1 heterocycles. The Labute approximate surface area is 98.2 Å². The van der Waals surface area contributed by atoms with Gasteiger partial charge in [-0.1, -0.05) is 19.9 Å². The minimum atomic E-state index is -0.393.